The highest BCUT2D eigenvalue weighted by molar-refractivity contribution is 5.78. The first-order chi connectivity index (χ1) is 19.1. The van der Waals surface area contributed by atoms with Crippen molar-refractivity contribution < 1.29 is 9.90 Å². The van der Waals surface area contributed by atoms with E-state index >= 15 is 0 Å². The van der Waals surface area contributed by atoms with Gasteiger partial charge in [0.2, 0.25) is 0 Å². The molecule has 2 saturated carbocycles. The zero-order valence-electron chi connectivity index (χ0n) is 23.5. The topological polar surface area (TPSA) is 53.4 Å². The van der Waals surface area contributed by atoms with E-state index < -0.39 is 5.97 Å². The van der Waals surface area contributed by atoms with Gasteiger partial charge >= 0.3 is 5.97 Å². The molecular formula is C35H46N2O2. The van der Waals surface area contributed by atoms with Gasteiger partial charge in [-0.2, -0.15) is 0 Å². The summed E-state index contributed by atoms with van der Waals surface area (Å²) in [5, 5.41) is 11.0. The Labute approximate surface area is 234 Å². The number of piperidine rings is 1. The molecule has 1 aromatic heterocycles. The average Bonchev–Trinajstić information content (AvgIpc) is 3.69. The van der Waals surface area contributed by atoms with Crippen molar-refractivity contribution in [2.24, 2.45) is 29.6 Å². The van der Waals surface area contributed by atoms with Crippen LogP contribution < -0.4 is 0 Å². The van der Waals surface area contributed by atoms with Crippen LogP contribution in [0.2, 0.25) is 0 Å². The summed E-state index contributed by atoms with van der Waals surface area (Å²) in [6.07, 6.45) is 15.4. The van der Waals surface area contributed by atoms with Gasteiger partial charge in [0.15, 0.2) is 0 Å². The number of benzene rings is 2. The Bertz CT molecular complexity index is 1130. The molecule has 3 atom stereocenters. The number of carbonyl (C=O) groups is 1. The van der Waals surface area contributed by atoms with E-state index in [2.05, 4.69) is 40.3 Å². The van der Waals surface area contributed by atoms with E-state index in [9.17, 15) is 9.90 Å². The summed E-state index contributed by atoms with van der Waals surface area (Å²) in [6.45, 7) is 3.66. The van der Waals surface area contributed by atoms with Crippen molar-refractivity contribution in [2.45, 2.75) is 70.6 Å². The predicted octanol–water partition coefficient (Wildman–Crippen LogP) is 7.87. The van der Waals surface area contributed by atoms with Crippen LogP contribution in [0, 0.1) is 29.6 Å². The third-order valence-electron chi connectivity index (χ3n) is 9.37. The normalized spacial score (nSPS) is 22.8. The molecule has 0 spiro atoms. The molecule has 39 heavy (non-hydrogen) atoms. The van der Waals surface area contributed by atoms with E-state index in [4.69, 9.17) is 0 Å². The van der Waals surface area contributed by atoms with Crippen LogP contribution >= 0.6 is 0 Å². The van der Waals surface area contributed by atoms with Gasteiger partial charge in [0, 0.05) is 18.1 Å². The number of para-hydroxylation sites is 1. The number of fused-ring (bicyclic) bond motifs is 1. The second-order valence-electron chi connectivity index (χ2n) is 12.4. The minimum Gasteiger partial charge on any atom is -0.481 e. The first-order valence-electron chi connectivity index (χ1n) is 15.4. The summed E-state index contributed by atoms with van der Waals surface area (Å²) in [6, 6.07) is 22.7. The molecule has 0 bridgehead atoms. The van der Waals surface area contributed by atoms with E-state index in [0.29, 0.717) is 17.8 Å². The van der Waals surface area contributed by atoms with Crippen molar-refractivity contribution in [1.82, 2.24) is 9.88 Å². The van der Waals surface area contributed by atoms with Gasteiger partial charge in [-0.3, -0.25) is 9.78 Å². The number of hydrogen-bond donors (Lipinski definition) is 1. The van der Waals surface area contributed by atoms with E-state index in [-0.39, 0.29) is 5.92 Å². The van der Waals surface area contributed by atoms with Crippen molar-refractivity contribution in [3.8, 4) is 0 Å². The number of pyridine rings is 1. The van der Waals surface area contributed by atoms with Crippen LogP contribution in [0.4, 0.5) is 0 Å². The molecule has 4 nitrogen and oxygen atoms in total. The second-order valence-corrected chi connectivity index (χ2v) is 12.4. The Morgan fingerprint density at radius 3 is 2.26 bits per heavy atom. The maximum Gasteiger partial charge on any atom is 0.306 e. The van der Waals surface area contributed by atoms with Gasteiger partial charge in [0.1, 0.15) is 0 Å². The van der Waals surface area contributed by atoms with E-state index in [1.165, 1.54) is 75.5 Å². The zero-order chi connectivity index (χ0) is 26.9. The Hall–Kier alpha value is -2.72. The molecular weight excluding hydrogens is 480 g/mol. The number of likely N-dealkylation sites (tertiary alicyclic amines) is 1. The van der Waals surface area contributed by atoms with Gasteiger partial charge in [-0.1, -0.05) is 73.9 Å². The minimum absolute atomic E-state index is 0.0777. The second kappa shape index (κ2) is 14.1. The van der Waals surface area contributed by atoms with E-state index in [0.717, 1.165) is 37.1 Å². The molecule has 3 aromatic rings. The van der Waals surface area contributed by atoms with Crippen LogP contribution in [0.25, 0.3) is 10.9 Å². The first kappa shape index (κ1) is 27.8. The highest BCUT2D eigenvalue weighted by Gasteiger charge is 2.38. The number of aliphatic carboxylic acids is 1. The summed E-state index contributed by atoms with van der Waals surface area (Å²) in [7, 11) is 0. The Morgan fingerprint density at radius 2 is 1.56 bits per heavy atom. The third-order valence-corrected chi connectivity index (χ3v) is 9.37. The van der Waals surface area contributed by atoms with Crippen LogP contribution in [0.15, 0.2) is 72.9 Å². The number of carboxylic acids is 1. The molecule has 1 aliphatic heterocycles. The lowest BCUT2D eigenvalue weighted by atomic mass is 9.85. The number of aromatic nitrogens is 1. The SMILES string of the molecule is O=C(O)C(CC1CC1)C1CCC(CN2CCC(CCCc3cnc4ccccc4c3)CC2)C1.c1ccccc1. The third kappa shape index (κ3) is 8.63. The molecule has 4 heteroatoms. The van der Waals surface area contributed by atoms with Crippen LogP contribution in [0.5, 0.6) is 0 Å². The zero-order valence-corrected chi connectivity index (χ0v) is 23.5. The molecule has 3 aliphatic rings. The Kier molecular flexibility index (Phi) is 10.0. The molecule has 1 saturated heterocycles. The molecule has 6 rings (SSSR count). The molecule has 0 radical (unpaired) electrons. The van der Waals surface area contributed by atoms with Gasteiger partial charge in [-0.15, -0.1) is 0 Å². The lowest BCUT2D eigenvalue weighted by Gasteiger charge is -2.33. The molecule has 2 heterocycles. The summed E-state index contributed by atoms with van der Waals surface area (Å²) < 4.78 is 0. The van der Waals surface area contributed by atoms with Gasteiger partial charge in [-0.05, 0) is 106 Å². The lowest BCUT2D eigenvalue weighted by molar-refractivity contribution is -0.144. The lowest BCUT2D eigenvalue weighted by Crippen LogP contribution is -2.37. The molecule has 0 amide bonds. The number of carboxylic acid groups (broad SMARTS) is 1. The van der Waals surface area contributed by atoms with Crippen molar-refractivity contribution in [1.29, 1.82) is 0 Å². The summed E-state index contributed by atoms with van der Waals surface area (Å²) in [5.41, 5.74) is 2.45. The largest absolute Gasteiger partial charge is 0.481 e. The minimum atomic E-state index is -0.534. The summed E-state index contributed by atoms with van der Waals surface area (Å²) in [5.74, 6) is 2.10. The van der Waals surface area contributed by atoms with Crippen molar-refractivity contribution >= 4 is 16.9 Å². The van der Waals surface area contributed by atoms with Crippen LogP contribution in [0.3, 0.4) is 0 Å². The molecule has 3 unspecified atom stereocenters. The average molecular weight is 527 g/mol. The molecule has 2 aromatic carbocycles. The van der Waals surface area contributed by atoms with E-state index in [1.807, 2.05) is 42.5 Å². The van der Waals surface area contributed by atoms with Crippen molar-refractivity contribution in [3.05, 3.63) is 78.5 Å². The number of hydrogen-bond acceptors (Lipinski definition) is 3. The number of rotatable bonds is 10. The summed E-state index contributed by atoms with van der Waals surface area (Å²) >= 11 is 0. The van der Waals surface area contributed by atoms with Crippen molar-refractivity contribution in [3.63, 3.8) is 0 Å². The fraction of sp³-hybridized carbons (Fsp3) is 0.543. The Balaban J connectivity index is 0.000000455. The van der Waals surface area contributed by atoms with Crippen LogP contribution in [-0.2, 0) is 11.2 Å². The Morgan fingerprint density at radius 1 is 0.872 bits per heavy atom. The van der Waals surface area contributed by atoms with Gasteiger partial charge in [-0.25, -0.2) is 0 Å². The maximum atomic E-state index is 11.8. The molecule has 3 fully saturated rings. The smallest absolute Gasteiger partial charge is 0.306 e. The summed E-state index contributed by atoms with van der Waals surface area (Å²) in [4.78, 5) is 19.1. The monoisotopic (exact) mass is 526 g/mol. The standard InChI is InChI=1S/C29H40N2O2.C6H6/c32-29(33)27(18-22-8-9-22)25-11-10-24(17-25)20-31-14-12-21(13-15-31)4-3-5-23-16-26-6-1-2-7-28(26)30-19-23;1-2-4-6-5-3-1/h1-2,6-7,16,19,21-22,24-25,27H,3-5,8-15,17-18,20H2,(H,32,33);1-6H. The van der Waals surface area contributed by atoms with E-state index in [1.54, 1.807) is 0 Å². The fourth-order valence-electron chi connectivity index (χ4n) is 6.91. The van der Waals surface area contributed by atoms with Crippen molar-refractivity contribution in [2.75, 3.05) is 19.6 Å². The molecule has 208 valence electrons. The highest BCUT2D eigenvalue weighted by Crippen LogP contribution is 2.43. The van der Waals surface area contributed by atoms with Gasteiger partial charge in [0.25, 0.3) is 0 Å². The predicted molar refractivity (Wildman–Crippen MR) is 160 cm³/mol. The van der Waals surface area contributed by atoms with Gasteiger partial charge in [0.05, 0.1) is 11.4 Å². The van der Waals surface area contributed by atoms with Gasteiger partial charge < -0.3 is 10.0 Å². The van der Waals surface area contributed by atoms with Crippen LogP contribution in [-0.4, -0.2) is 40.6 Å². The molecule has 2 aliphatic carbocycles. The number of nitrogens with zero attached hydrogens (tertiary/aromatic N) is 2. The molecule has 1 N–H and O–H groups in total. The quantitative estimate of drug-likeness (QED) is 0.292. The number of aryl methyl sites for hydroxylation is 1. The first-order valence-corrected chi connectivity index (χ1v) is 15.4. The van der Waals surface area contributed by atoms with Crippen LogP contribution in [0.1, 0.15) is 69.8 Å². The fourth-order valence-corrected chi connectivity index (χ4v) is 6.91. The maximum absolute atomic E-state index is 11.8. The highest BCUT2D eigenvalue weighted by atomic mass is 16.4.